The van der Waals surface area contributed by atoms with Crippen molar-refractivity contribution in [3.05, 3.63) is 59.4 Å². The van der Waals surface area contributed by atoms with Crippen LogP contribution in [0.15, 0.2) is 42.5 Å². The fourth-order valence-corrected chi connectivity index (χ4v) is 3.37. The Morgan fingerprint density at radius 3 is 2.21 bits per heavy atom. The molecule has 1 aromatic heterocycles. The Morgan fingerprint density at radius 1 is 1.03 bits per heavy atom. The molecular weight excluding hydrogens is 408 g/mol. The number of hydrogen-bond acceptors (Lipinski definition) is 3. The van der Waals surface area contributed by atoms with E-state index in [1.165, 1.54) is 36.8 Å². The van der Waals surface area contributed by atoms with Gasteiger partial charge in [0.05, 0.1) is 23.5 Å². The van der Waals surface area contributed by atoms with Crippen LogP contribution in [-0.2, 0) is 4.79 Å². The second kappa shape index (κ2) is 15.1. The molecule has 3 N–H and O–H groups in total. The summed E-state index contributed by atoms with van der Waals surface area (Å²) in [5.74, 6) is 0.740. The molecule has 5 nitrogen and oxygen atoms in total. The number of anilines is 1. The van der Waals surface area contributed by atoms with Gasteiger partial charge < -0.3 is 15.6 Å². The van der Waals surface area contributed by atoms with Crippen LogP contribution < -0.4 is 10.6 Å². The van der Waals surface area contributed by atoms with E-state index in [1.54, 1.807) is 0 Å². The van der Waals surface area contributed by atoms with Gasteiger partial charge in [0.1, 0.15) is 5.82 Å². The van der Waals surface area contributed by atoms with E-state index in [9.17, 15) is 4.79 Å². The number of carbonyl (C=O) groups excluding carboxylic acids is 1. The smallest absolute Gasteiger partial charge is 0.236 e. The molecule has 0 bridgehead atoms. The van der Waals surface area contributed by atoms with Crippen LogP contribution in [0, 0.1) is 6.92 Å². The van der Waals surface area contributed by atoms with E-state index < -0.39 is 0 Å². The van der Waals surface area contributed by atoms with Gasteiger partial charge in [0.15, 0.2) is 0 Å². The first kappa shape index (κ1) is 28.2. The predicted octanol–water partition coefficient (Wildman–Crippen LogP) is 6.95. The highest BCUT2D eigenvalue weighted by Gasteiger charge is 2.32. The Balaban J connectivity index is 0.000000468. The molecule has 2 heterocycles. The molecule has 2 aromatic carbocycles. The van der Waals surface area contributed by atoms with E-state index in [1.807, 2.05) is 43.0 Å². The molecule has 0 radical (unpaired) electrons. The standard InChI is InChI=1S/C18H18N4O.2C4H10.C2H6/c1-11-6-7-14-15(8-11)21-18(20-14)13-9-22(10-17(19)23)16-5-3-2-4-12(13)16;2*1-3-4-2;1-2/h2-8,13H,9-10H2,1H3,(H2,19,23)(H,20,21);2*3-4H2,1-2H3;1-2H3. The lowest BCUT2D eigenvalue weighted by Crippen LogP contribution is -2.33. The topological polar surface area (TPSA) is 75.0 Å². The first-order chi connectivity index (χ1) is 15.9. The van der Waals surface area contributed by atoms with Crippen molar-refractivity contribution >= 4 is 22.6 Å². The van der Waals surface area contributed by atoms with Gasteiger partial charge in [-0.05, 0) is 36.2 Å². The normalized spacial score (nSPS) is 13.7. The average Bonchev–Trinajstić information content (AvgIpc) is 3.41. The molecule has 1 aliphatic rings. The predicted molar refractivity (Wildman–Crippen MR) is 143 cm³/mol. The van der Waals surface area contributed by atoms with E-state index in [0.717, 1.165) is 22.5 Å². The zero-order chi connectivity index (χ0) is 24.8. The number of hydrogen-bond donors (Lipinski definition) is 2. The van der Waals surface area contributed by atoms with Crippen LogP contribution >= 0.6 is 0 Å². The SMILES string of the molecule is CC.CCCC.CCCC.Cc1ccc2nc(C3CN(CC(N)=O)c4ccccc43)[nH]c2c1. The summed E-state index contributed by atoms with van der Waals surface area (Å²) < 4.78 is 0. The maximum absolute atomic E-state index is 11.3. The van der Waals surface area contributed by atoms with E-state index in [-0.39, 0.29) is 18.4 Å². The number of nitrogens with one attached hydrogen (secondary N) is 1. The van der Waals surface area contributed by atoms with Gasteiger partial charge >= 0.3 is 0 Å². The van der Waals surface area contributed by atoms with Crippen molar-refractivity contribution in [2.75, 3.05) is 18.0 Å². The second-order valence-corrected chi connectivity index (χ2v) is 8.10. The average molecular weight is 453 g/mol. The van der Waals surface area contributed by atoms with E-state index >= 15 is 0 Å². The Morgan fingerprint density at radius 2 is 1.64 bits per heavy atom. The summed E-state index contributed by atoms with van der Waals surface area (Å²) in [6, 6.07) is 14.3. The van der Waals surface area contributed by atoms with Crippen LogP contribution in [0.5, 0.6) is 0 Å². The fraction of sp³-hybridized carbons (Fsp3) is 0.500. The molecule has 5 heteroatoms. The fourth-order valence-electron chi connectivity index (χ4n) is 3.37. The molecule has 0 fully saturated rings. The molecule has 1 amide bonds. The first-order valence-electron chi connectivity index (χ1n) is 12.5. The van der Waals surface area contributed by atoms with Crippen molar-refractivity contribution in [2.24, 2.45) is 5.73 Å². The lowest BCUT2D eigenvalue weighted by Gasteiger charge is -2.17. The number of aromatic nitrogens is 2. The van der Waals surface area contributed by atoms with Gasteiger partial charge in [-0.2, -0.15) is 0 Å². The number of primary amides is 1. The van der Waals surface area contributed by atoms with Crippen LogP contribution in [0.3, 0.4) is 0 Å². The lowest BCUT2D eigenvalue weighted by atomic mass is 10.0. The molecule has 0 spiro atoms. The van der Waals surface area contributed by atoms with Gasteiger partial charge in [-0.15, -0.1) is 0 Å². The lowest BCUT2D eigenvalue weighted by molar-refractivity contribution is -0.116. The summed E-state index contributed by atoms with van der Waals surface area (Å²) in [4.78, 5) is 21.6. The number of unbranched alkanes of at least 4 members (excludes halogenated alkanes) is 2. The number of H-pyrrole nitrogens is 1. The number of carbonyl (C=O) groups is 1. The number of nitrogens with zero attached hydrogens (tertiary/aromatic N) is 2. The van der Waals surface area contributed by atoms with E-state index in [2.05, 4.69) is 57.8 Å². The Labute approximate surface area is 200 Å². The number of para-hydroxylation sites is 1. The zero-order valence-corrected chi connectivity index (χ0v) is 21.7. The van der Waals surface area contributed by atoms with Crippen LogP contribution in [0.1, 0.15) is 90.1 Å². The van der Waals surface area contributed by atoms with Crippen molar-refractivity contribution in [1.82, 2.24) is 9.97 Å². The minimum Gasteiger partial charge on any atom is -0.368 e. The van der Waals surface area contributed by atoms with Gasteiger partial charge in [-0.25, -0.2) is 4.98 Å². The summed E-state index contributed by atoms with van der Waals surface area (Å²) in [6.45, 7) is 15.7. The molecule has 0 saturated carbocycles. The van der Waals surface area contributed by atoms with Crippen LogP contribution in [0.2, 0.25) is 0 Å². The minimum atomic E-state index is -0.319. The second-order valence-electron chi connectivity index (χ2n) is 8.10. The quantitative estimate of drug-likeness (QED) is 0.440. The molecule has 1 aliphatic heterocycles. The molecule has 0 aliphatic carbocycles. The molecule has 33 heavy (non-hydrogen) atoms. The minimum absolute atomic E-state index is 0.123. The third-order valence-electron chi connectivity index (χ3n) is 5.39. The Bertz CT molecular complexity index is 955. The van der Waals surface area contributed by atoms with Crippen LogP contribution in [-0.4, -0.2) is 29.0 Å². The number of amides is 1. The van der Waals surface area contributed by atoms with Gasteiger partial charge in [0, 0.05) is 12.2 Å². The molecule has 1 unspecified atom stereocenters. The largest absolute Gasteiger partial charge is 0.368 e. The molecule has 3 aromatic rings. The number of aryl methyl sites for hydroxylation is 1. The Hall–Kier alpha value is -2.82. The highest BCUT2D eigenvalue weighted by molar-refractivity contribution is 5.81. The van der Waals surface area contributed by atoms with Gasteiger partial charge in [0.25, 0.3) is 0 Å². The van der Waals surface area contributed by atoms with Crippen LogP contribution in [0.25, 0.3) is 11.0 Å². The van der Waals surface area contributed by atoms with Gasteiger partial charge in [-0.1, -0.05) is 91.5 Å². The van der Waals surface area contributed by atoms with Crippen LogP contribution in [0.4, 0.5) is 5.69 Å². The van der Waals surface area contributed by atoms with Crippen molar-refractivity contribution in [1.29, 1.82) is 0 Å². The third-order valence-corrected chi connectivity index (χ3v) is 5.39. The molecule has 1 atom stereocenters. The van der Waals surface area contributed by atoms with Crippen molar-refractivity contribution in [3.8, 4) is 0 Å². The van der Waals surface area contributed by atoms with Crippen molar-refractivity contribution < 1.29 is 4.79 Å². The maximum Gasteiger partial charge on any atom is 0.236 e. The number of aromatic amines is 1. The Kier molecular flexibility index (Phi) is 12.9. The van der Waals surface area contributed by atoms with Gasteiger partial charge in [-0.3, -0.25) is 4.79 Å². The van der Waals surface area contributed by atoms with E-state index in [4.69, 9.17) is 10.7 Å². The molecule has 4 rings (SSSR count). The monoisotopic (exact) mass is 452 g/mol. The molecular formula is C28H44N4O. The third kappa shape index (κ3) is 8.23. The number of benzene rings is 2. The summed E-state index contributed by atoms with van der Waals surface area (Å²) in [7, 11) is 0. The summed E-state index contributed by atoms with van der Waals surface area (Å²) >= 11 is 0. The van der Waals surface area contributed by atoms with Crippen molar-refractivity contribution in [2.45, 2.75) is 80.1 Å². The zero-order valence-electron chi connectivity index (χ0n) is 21.7. The molecule has 182 valence electrons. The van der Waals surface area contributed by atoms with E-state index in [0.29, 0.717) is 6.54 Å². The number of rotatable bonds is 5. The highest BCUT2D eigenvalue weighted by Crippen LogP contribution is 2.39. The number of imidazole rings is 1. The maximum atomic E-state index is 11.3. The number of nitrogens with two attached hydrogens (primary N) is 1. The summed E-state index contributed by atoms with van der Waals surface area (Å²) in [6.07, 6.45) is 5.28. The summed E-state index contributed by atoms with van der Waals surface area (Å²) in [5, 5.41) is 0. The number of fused-ring (bicyclic) bond motifs is 2. The van der Waals surface area contributed by atoms with Gasteiger partial charge in [0.2, 0.25) is 5.91 Å². The first-order valence-corrected chi connectivity index (χ1v) is 12.5. The molecule has 0 saturated heterocycles. The van der Waals surface area contributed by atoms with Crippen molar-refractivity contribution in [3.63, 3.8) is 0 Å². The summed E-state index contributed by atoms with van der Waals surface area (Å²) in [5.41, 5.74) is 10.9. The highest BCUT2D eigenvalue weighted by atomic mass is 16.1.